The number of aromatic nitrogens is 1. The van der Waals surface area contributed by atoms with Crippen LogP contribution in [0.15, 0.2) is 47.0 Å². The van der Waals surface area contributed by atoms with Crippen molar-refractivity contribution >= 4 is 22.8 Å². The zero-order valence-electron chi connectivity index (χ0n) is 11.2. The molecule has 0 spiro atoms. The Bertz CT molecular complexity index is 793. The fourth-order valence-electron chi connectivity index (χ4n) is 1.87. The lowest BCUT2D eigenvalue weighted by Crippen LogP contribution is -1.97. The van der Waals surface area contributed by atoms with Crippen LogP contribution in [0.25, 0.3) is 11.1 Å². The van der Waals surface area contributed by atoms with Crippen molar-refractivity contribution in [2.75, 3.05) is 12.8 Å². The Morgan fingerprint density at radius 1 is 1.24 bits per heavy atom. The van der Waals surface area contributed by atoms with Gasteiger partial charge in [0.1, 0.15) is 11.5 Å². The van der Waals surface area contributed by atoms with Crippen molar-refractivity contribution < 1.29 is 18.7 Å². The summed E-state index contributed by atoms with van der Waals surface area (Å²) in [5.41, 5.74) is 6.59. The highest BCUT2D eigenvalue weighted by Gasteiger charge is 2.16. The maximum absolute atomic E-state index is 11.5. The Labute approximate surface area is 120 Å². The first kappa shape index (κ1) is 13.0. The second kappa shape index (κ2) is 5.16. The number of benzene rings is 1. The minimum Gasteiger partial charge on any atom is -0.463 e. The SMILES string of the molecule is COC(=O)c1cc2c(Oc3ccc(N)cc3)ccnc2o1. The summed E-state index contributed by atoms with van der Waals surface area (Å²) in [6.45, 7) is 0. The maximum atomic E-state index is 11.5. The van der Waals surface area contributed by atoms with Gasteiger partial charge in [-0.15, -0.1) is 0 Å². The van der Waals surface area contributed by atoms with Gasteiger partial charge in [-0.05, 0) is 24.3 Å². The van der Waals surface area contributed by atoms with E-state index in [-0.39, 0.29) is 5.76 Å². The average molecular weight is 284 g/mol. The minimum absolute atomic E-state index is 0.0772. The molecule has 3 aromatic rings. The zero-order chi connectivity index (χ0) is 14.8. The van der Waals surface area contributed by atoms with Crippen LogP contribution in [0.1, 0.15) is 10.6 Å². The Morgan fingerprint density at radius 2 is 2.00 bits per heavy atom. The van der Waals surface area contributed by atoms with E-state index >= 15 is 0 Å². The highest BCUT2D eigenvalue weighted by molar-refractivity contribution is 5.93. The van der Waals surface area contributed by atoms with E-state index in [2.05, 4.69) is 9.72 Å². The molecule has 0 aliphatic carbocycles. The third kappa shape index (κ3) is 2.51. The molecule has 0 aliphatic heterocycles. The number of anilines is 1. The molecule has 0 fully saturated rings. The Morgan fingerprint density at radius 3 is 2.71 bits per heavy atom. The largest absolute Gasteiger partial charge is 0.463 e. The fourth-order valence-corrected chi connectivity index (χ4v) is 1.87. The Kier molecular flexibility index (Phi) is 3.19. The lowest BCUT2D eigenvalue weighted by atomic mass is 10.3. The molecule has 0 bridgehead atoms. The number of hydrogen-bond donors (Lipinski definition) is 1. The first-order valence-corrected chi connectivity index (χ1v) is 6.17. The Hall–Kier alpha value is -3.02. The molecule has 6 nitrogen and oxygen atoms in total. The number of pyridine rings is 1. The summed E-state index contributed by atoms with van der Waals surface area (Å²) in [6, 6.07) is 10.2. The van der Waals surface area contributed by atoms with Gasteiger partial charge in [-0.1, -0.05) is 0 Å². The van der Waals surface area contributed by atoms with Crippen LogP contribution in [0.4, 0.5) is 5.69 Å². The van der Waals surface area contributed by atoms with Crippen LogP contribution in [0.3, 0.4) is 0 Å². The zero-order valence-corrected chi connectivity index (χ0v) is 11.2. The number of rotatable bonds is 3. The molecule has 0 saturated heterocycles. The summed E-state index contributed by atoms with van der Waals surface area (Å²) in [5, 5.41) is 0.592. The molecule has 3 rings (SSSR count). The molecule has 0 atom stereocenters. The predicted molar refractivity (Wildman–Crippen MR) is 76.3 cm³/mol. The first-order chi connectivity index (χ1) is 10.2. The van der Waals surface area contributed by atoms with E-state index in [0.717, 1.165) is 0 Å². The molecule has 2 aromatic heterocycles. The molecule has 0 radical (unpaired) electrons. The quantitative estimate of drug-likeness (QED) is 0.587. The molecular formula is C15H12N2O4. The first-order valence-electron chi connectivity index (χ1n) is 6.17. The average Bonchev–Trinajstić information content (AvgIpc) is 2.94. The monoisotopic (exact) mass is 284 g/mol. The van der Waals surface area contributed by atoms with Crippen molar-refractivity contribution in [2.45, 2.75) is 0 Å². The van der Waals surface area contributed by atoms with E-state index in [1.165, 1.54) is 7.11 Å². The van der Waals surface area contributed by atoms with E-state index < -0.39 is 5.97 Å². The van der Waals surface area contributed by atoms with Gasteiger partial charge in [-0.2, -0.15) is 0 Å². The van der Waals surface area contributed by atoms with Crippen molar-refractivity contribution in [3.63, 3.8) is 0 Å². The molecule has 0 saturated carbocycles. The molecule has 106 valence electrons. The number of nitrogens with zero attached hydrogens (tertiary/aromatic N) is 1. The highest BCUT2D eigenvalue weighted by Crippen LogP contribution is 2.31. The van der Waals surface area contributed by atoms with Gasteiger partial charge in [0.05, 0.1) is 12.5 Å². The summed E-state index contributed by atoms with van der Waals surface area (Å²) in [7, 11) is 1.29. The van der Waals surface area contributed by atoms with Gasteiger partial charge in [0, 0.05) is 24.0 Å². The predicted octanol–water partition coefficient (Wildman–Crippen LogP) is 2.99. The second-order valence-electron chi connectivity index (χ2n) is 4.30. The van der Waals surface area contributed by atoms with E-state index in [0.29, 0.717) is 28.3 Å². The number of furan rings is 1. The number of ether oxygens (including phenoxy) is 2. The molecule has 2 N–H and O–H groups in total. The number of nitrogens with two attached hydrogens (primary N) is 1. The molecule has 0 unspecified atom stereocenters. The van der Waals surface area contributed by atoms with E-state index in [1.807, 2.05) is 0 Å². The van der Waals surface area contributed by atoms with Crippen LogP contribution in [-0.4, -0.2) is 18.1 Å². The van der Waals surface area contributed by atoms with Crippen LogP contribution >= 0.6 is 0 Å². The number of esters is 1. The number of carbonyl (C=O) groups is 1. The molecule has 1 aromatic carbocycles. The molecular weight excluding hydrogens is 272 g/mol. The second-order valence-corrected chi connectivity index (χ2v) is 4.30. The van der Waals surface area contributed by atoms with Gasteiger partial charge >= 0.3 is 5.97 Å². The van der Waals surface area contributed by atoms with Gasteiger partial charge in [0.2, 0.25) is 11.5 Å². The normalized spacial score (nSPS) is 10.5. The standard InChI is InChI=1S/C15H12N2O4/c1-19-15(18)13-8-11-12(6-7-17-14(11)21-13)20-10-4-2-9(16)3-5-10/h2-8H,16H2,1H3. The highest BCUT2D eigenvalue weighted by atomic mass is 16.5. The molecule has 0 aliphatic rings. The molecule has 0 amide bonds. The van der Waals surface area contributed by atoms with Gasteiger partial charge in [0.25, 0.3) is 0 Å². The van der Waals surface area contributed by atoms with Crippen molar-refractivity contribution in [1.82, 2.24) is 4.98 Å². The topological polar surface area (TPSA) is 87.6 Å². The van der Waals surface area contributed by atoms with Gasteiger partial charge < -0.3 is 19.6 Å². The maximum Gasteiger partial charge on any atom is 0.374 e. The van der Waals surface area contributed by atoms with Gasteiger partial charge in [0.15, 0.2) is 0 Å². The van der Waals surface area contributed by atoms with Gasteiger partial charge in [-0.3, -0.25) is 0 Å². The fraction of sp³-hybridized carbons (Fsp3) is 0.0667. The van der Waals surface area contributed by atoms with Crippen molar-refractivity contribution in [1.29, 1.82) is 0 Å². The number of fused-ring (bicyclic) bond motifs is 1. The van der Waals surface area contributed by atoms with Crippen LogP contribution in [0, 0.1) is 0 Å². The summed E-state index contributed by atoms with van der Waals surface area (Å²) in [6.07, 6.45) is 1.54. The number of carbonyl (C=O) groups excluding carboxylic acids is 1. The summed E-state index contributed by atoms with van der Waals surface area (Å²) in [4.78, 5) is 15.6. The smallest absolute Gasteiger partial charge is 0.374 e. The van der Waals surface area contributed by atoms with Crippen molar-refractivity contribution in [2.24, 2.45) is 0 Å². The van der Waals surface area contributed by atoms with E-state index in [4.69, 9.17) is 14.9 Å². The minimum atomic E-state index is -0.563. The van der Waals surface area contributed by atoms with Gasteiger partial charge in [-0.25, -0.2) is 9.78 Å². The van der Waals surface area contributed by atoms with Crippen molar-refractivity contribution in [3.05, 3.63) is 48.4 Å². The third-order valence-electron chi connectivity index (χ3n) is 2.89. The van der Waals surface area contributed by atoms with Crippen LogP contribution in [-0.2, 0) is 4.74 Å². The third-order valence-corrected chi connectivity index (χ3v) is 2.89. The van der Waals surface area contributed by atoms with Crippen LogP contribution < -0.4 is 10.5 Å². The molecule has 2 heterocycles. The number of nitrogen functional groups attached to an aromatic ring is 1. The van der Waals surface area contributed by atoms with Crippen molar-refractivity contribution in [3.8, 4) is 11.5 Å². The lowest BCUT2D eigenvalue weighted by molar-refractivity contribution is 0.0567. The van der Waals surface area contributed by atoms with E-state index in [9.17, 15) is 4.79 Å². The number of hydrogen-bond acceptors (Lipinski definition) is 6. The van der Waals surface area contributed by atoms with E-state index in [1.54, 1.807) is 42.6 Å². The lowest BCUT2D eigenvalue weighted by Gasteiger charge is -2.06. The summed E-state index contributed by atoms with van der Waals surface area (Å²) in [5.74, 6) is 0.668. The summed E-state index contributed by atoms with van der Waals surface area (Å²) < 4.78 is 15.7. The molecule has 21 heavy (non-hydrogen) atoms. The van der Waals surface area contributed by atoms with Crippen LogP contribution in [0.5, 0.6) is 11.5 Å². The Balaban J connectivity index is 2.00. The van der Waals surface area contributed by atoms with Crippen LogP contribution in [0.2, 0.25) is 0 Å². The number of methoxy groups -OCH3 is 1. The summed E-state index contributed by atoms with van der Waals surface area (Å²) >= 11 is 0. The molecule has 6 heteroatoms.